The quantitative estimate of drug-likeness (QED) is 0.831. The van der Waals surface area contributed by atoms with Crippen LogP contribution in [0.4, 0.5) is 0 Å². The minimum absolute atomic E-state index is 0.114. The average Bonchev–Trinajstić information content (AvgIpc) is 2.80. The van der Waals surface area contributed by atoms with Gasteiger partial charge in [-0.25, -0.2) is 8.42 Å². The van der Waals surface area contributed by atoms with Crippen molar-refractivity contribution in [3.05, 3.63) is 14.7 Å². The van der Waals surface area contributed by atoms with Crippen molar-refractivity contribution in [3.8, 4) is 0 Å². The fourth-order valence-electron chi connectivity index (χ4n) is 3.01. The number of halogens is 1. The fourth-order valence-corrected chi connectivity index (χ4v) is 7.13. The summed E-state index contributed by atoms with van der Waals surface area (Å²) in [6.45, 7) is 2.84. The molecule has 0 amide bonds. The zero-order valence-electron chi connectivity index (χ0n) is 12.7. The molecule has 0 spiro atoms. The average molecular weight is 395 g/mol. The largest absolute Gasteiger partial charge is 0.315 e. The van der Waals surface area contributed by atoms with E-state index in [1.807, 2.05) is 7.05 Å². The van der Waals surface area contributed by atoms with Crippen LogP contribution in [0.1, 0.15) is 37.5 Å². The highest BCUT2D eigenvalue weighted by molar-refractivity contribution is 9.11. The summed E-state index contributed by atoms with van der Waals surface area (Å²) < 4.78 is 28.1. The first-order valence-electron chi connectivity index (χ1n) is 7.28. The molecule has 0 aliphatic heterocycles. The molecule has 0 bridgehead atoms. The van der Waals surface area contributed by atoms with E-state index in [0.717, 1.165) is 24.1 Å². The molecular weight excluding hydrogens is 372 g/mol. The van der Waals surface area contributed by atoms with Crippen LogP contribution >= 0.6 is 27.3 Å². The molecule has 0 saturated heterocycles. The molecule has 120 valence electrons. The summed E-state index contributed by atoms with van der Waals surface area (Å²) in [6.07, 6.45) is 4.40. The molecule has 4 nitrogen and oxygen atoms in total. The number of thiophene rings is 1. The van der Waals surface area contributed by atoms with Gasteiger partial charge in [-0.15, -0.1) is 11.3 Å². The Labute approximate surface area is 140 Å². The van der Waals surface area contributed by atoms with Gasteiger partial charge in [-0.1, -0.05) is 19.8 Å². The standard InChI is InChI=1S/C14H23BrN2O2S2/c1-10-6-4-5-7-12(10)17(3)21(18,19)13-8-11(9-16-2)20-14(13)15/h8,10,12,16H,4-7,9H2,1-3H3. The van der Waals surface area contributed by atoms with Gasteiger partial charge in [-0.05, 0) is 47.8 Å². The molecule has 1 fully saturated rings. The van der Waals surface area contributed by atoms with Gasteiger partial charge in [-0.2, -0.15) is 4.31 Å². The van der Waals surface area contributed by atoms with Crippen LogP contribution in [0.5, 0.6) is 0 Å². The van der Waals surface area contributed by atoms with Crippen LogP contribution in [-0.2, 0) is 16.6 Å². The summed E-state index contributed by atoms with van der Waals surface area (Å²) in [5, 5.41) is 3.06. The van der Waals surface area contributed by atoms with Crippen molar-refractivity contribution in [1.82, 2.24) is 9.62 Å². The summed E-state index contributed by atoms with van der Waals surface area (Å²) in [5.74, 6) is 0.424. The van der Waals surface area contributed by atoms with Crippen molar-refractivity contribution < 1.29 is 8.42 Å². The van der Waals surface area contributed by atoms with E-state index >= 15 is 0 Å². The lowest BCUT2D eigenvalue weighted by atomic mass is 9.86. The smallest absolute Gasteiger partial charge is 0.245 e. The maximum Gasteiger partial charge on any atom is 0.245 e. The second-order valence-corrected chi connectivity index (χ2v) is 10.2. The number of nitrogens with one attached hydrogen (secondary N) is 1. The topological polar surface area (TPSA) is 49.4 Å². The van der Waals surface area contributed by atoms with Crippen LogP contribution in [0.2, 0.25) is 0 Å². The zero-order chi connectivity index (χ0) is 15.6. The molecule has 21 heavy (non-hydrogen) atoms. The molecule has 7 heteroatoms. The van der Waals surface area contributed by atoms with E-state index < -0.39 is 10.0 Å². The fraction of sp³-hybridized carbons (Fsp3) is 0.714. The molecule has 1 aromatic heterocycles. The maximum atomic E-state index is 12.9. The Hall–Kier alpha value is 0.0500. The van der Waals surface area contributed by atoms with Crippen molar-refractivity contribution in [2.75, 3.05) is 14.1 Å². The van der Waals surface area contributed by atoms with Gasteiger partial charge in [0.15, 0.2) is 0 Å². The van der Waals surface area contributed by atoms with Gasteiger partial charge in [-0.3, -0.25) is 0 Å². The molecule has 1 saturated carbocycles. The zero-order valence-corrected chi connectivity index (χ0v) is 15.9. The Balaban J connectivity index is 2.28. The first-order chi connectivity index (χ1) is 9.87. The molecule has 0 radical (unpaired) electrons. The highest BCUT2D eigenvalue weighted by atomic mass is 79.9. The Morgan fingerprint density at radius 3 is 2.71 bits per heavy atom. The molecule has 2 rings (SSSR count). The van der Waals surface area contributed by atoms with E-state index in [1.54, 1.807) is 17.4 Å². The lowest BCUT2D eigenvalue weighted by Gasteiger charge is -2.35. The highest BCUT2D eigenvalue weighted by Crippen LogP contribution is 2.36. The molecule has 1 aromatic rings. The van der Waals surface area contributed by atoms with Crippen LogP contribution in [0, 0.1) is 5.92 Å². The summed E-state index contributed by atoms with van der Waals surface area (Å²) >= 11 is 4.89. The van der Waals surface area contributed by atoms with Gasteiger partial charge in [0.05, 0.1) is 3.79 Å². The normalized spacial score (nSPS) is 23.7. The monoisotopic (exact) mass is 394 g/mol. The van der Waals surface area contributed by atoms with Gasteiger partial charge in [0, 0.05) is 24.5 Å². The minimum Gasteiger partial charge on any atom is -0.315 e. The predicted octanol–water partition coefficient (Wildman–Crippen LogP) is 3.43. The first-order valence-corrected chi connectivity index (χ1v) is 10.3. The first kappa shape index (κ1) is 17.4. The number of nitrogens with zero attached hydrogens (tertiary/aromatic N) is 1. The van der Waals surface area contributed by atoms with Gasteiger partial charge >= 0.3 is 0 Å². The van der Waals surface area contributed by atoms with Crippen LogP contribution in [0.3, 0.4) is 0 Å². The Kier molecular flexibility index (Phi) is 5.87. The Morgan fingerprint density at radius 2 is 2.10 bits per heavy atom. The number of hydrogen-bond donors (Lipinski definition) is 1. The Morgan fingerprint density at radius 1 is 1.43 bits per heavy atom. The number of sulfonamides is 1. The number of rotatable bonds is 5. The molecule has 0 aromatic carbocycles. The summed E-state index contributed by atoms with van der Waals surface area (Å²) in [4.78, 5) is 1.42. The maximum absolute atomic E-state index is 12.9. The highest BCUT2D eigenvalue weighted by Gasteiger charge is 2.34. The third-order valence-electron chi connectivity index (χ3n) is 4.25. The molecule has 1 aliphatic carbocycles. The van der Waals surface area contributed by atoms with E-state index in [4.69, 9.17) is 0 Å². The summed E-state index contributed by atoms with van der Waals surface area (Å²) in [5.41, 5.74) is 0. The van der Waals surface area contributed by atoms with E-state index in [9.17, 15) is 8.42 Å². The minimum atomic E-state index is -3.43. The number of hydrogen-bond acceptors (Lipinski definition) is 4. The Bertz CT molecular complexity index is 586. The summed E-state index contributed by atoms with van der Waals surface area (Å²) in [6, 6.07) is 1.90. The van der Waals surface area contributed by atoms with Crippen molar-refractivity contribution >= 4 is 37.3 Å². The molecule has 2 unspecified atom stereocenters. The lowest BCUT2D eigenvalue weighted by molar-refractivity contribution is 0.213. The predicted molar refractivity (Wildman–Crippen MR) is 91.2 cm³/mol. The van der Waals surface area contributed by atoms with E-state index in [0.29, 0.717) is 21.1 Å². The SMILES string of the molecule is CNCc1cc(S(=O)(=O)N(C)C2CCCCC2C)c(Br)s1. The lowest BCUT2D eigenvalue weighted by Crippen LogP contribution is -2.42. The van der Waals surface area contributed by atoms with Crippen molar-refractivity contribution in [3.63, 3.8) is 0 Å². The van der Waals surface area contributed by atoms with Crippen LogP contribution < -0.4 is 5.32 Å². The molecule has 2 atom stereocenters. The van der Waals surface area contributed by atoms with Crippen molar-refractivity contribution in [1.29, 1.82) is 0 Å². The van der Waals surface area contributed by atoms with Gasteiger partial charge < -0.3 is 5.32 Å². The van der Waals surface area contributed by atoms with Gasteiger partial charge in [0.2, 0.25) is 10.0 Å². The summed E-state index contributed by atoms with van der Waals surface area (Å²) in [7, 11) is 0.154. The van der Waals surface area contributed by atoms with E-state index in [1.165, 1.54) is 17.8 Å². The van der Waals surface area contributed by atoms with Crippen molar-refractivity contribution in [2.45, 2.75) is 50.1 Å². The molecule has 1 N–H and O–H groups in total. The van der Waals surface area contributed by atoms with Crippen LogP contribution in [0.25, 0.3) is 0 Å². The van der Waals surface area contributed by atoms with Crippen LogP contribution in [-0.4, -0.2) is 32.9 Å². The van der Waals surface area contributed by atoms with Crippen molar-refractivity contribution in [2.24, 2.45) is 5.92 Å². The second kappa shape index (κ2) is 7.08. The van der Waals surface area contributed by atoms with Gasteiger partial charge in [0.25, 0.3) is 0 Å². The van der Waals surface area contributed by atoms with E-state index in [-0.39, 0.29) is 6.04 Å². The van der Waals surface area contributed by atoms with E-state index in [2.05, 4.69) is 28.2 Å². The third kappa shape index (κ3) is 3.69. The molecule has 1 heterocycles. The third-order valence-corrected chi connectivity index (χ3v) is 8.38. The van der Waals surface area contributed by atoms with Gasteiger partial charge in [0.1, 0.15) is 4.90 Å². The molecule has 1 aliphatic rings. The van der Waals surface area contributed by atoms with Crippen LogP contribution in [0.15, 0.2) is 14.7 Å². The molecular formula is C14H23BrN2O2S2. The second-order valence-electron chi connectivity index (χ2n) is 5.73.